The SMILES string of the molecule is CCCC#N.O=P(O)(O)Oc1ccccc1-c1ccccc1. The molecule has 2 aromatic rings. The number of para-hydroxylation sites is 1. The molecule has 0 aromatic heterocycles. The molecule has 116 valence electrons. The quantitative estimate of drug-likeness (QED) is 0.827. The standard InChI is InChI=1S/C12H11O4P.C4H7N/c13-17(14,15)16-12-9-5-4-8-11(12)10-6-2-1-3-7-10;1-2-3-4-5/h1-9H,(H2,13,14,15);2-3H2,1H3. The van der Waals surface area contributed by atoms with Crippen LogP contribution in [0.5, 0.6) is 5.75 Å². The van der Waals surface area contributed by atoms with Gasteiger partial charge in [0.1, 0.15) is 5.75 Å². The zero-order valence-electron chi connectivity index (χ0n) is 12.2. The second-order valence-corrected chi connectivity index (χ2v) is 5.52. The third-order valence-electron chi connectivity index (χ3n) is 2.55. The fourth-order valence-electron chi connectivity index (χ4n) is 1.64. The molecule has 0 atom stereocenters. The number of rotatable bonds is 4. The molecule has 0 fully saturated rings. The summed E-state index contributed by atoms with van der Waals surface area (Å²) in [5.41, 5.74) is 1.49. The predicted molar refractivity (Wildman–Crippen MR) is 85.1 cm³/mol. The Balaban J connectivity index is 0.000000422. The molecule has 0 saturated carbocycles. The summed E-state index contributed by atoms with van der Waals surface area (Å²) in [6, 6.07) is 18.0. The highest BCUT2D eigenvalue weighted by atomic mass is 31.2. The molecule has 6 heteroatoms. The number of nitriles is 1. The number of benzene rings is 2. The molecule has 0 heterocycles. The Labute approximate surface area is 130 Å². The highest BCUT2D eigenvalue weighted by Gasteiger charge is 2.18. The van der Waals surface area contributed by atoms with Crippen molar-refractivity contribution in [1.29, 1.82) is 5.26 Å². The second-order valence-electron chi connectivity index (χ2n) is 4.35. The number of phosphoric ester groups is 1. The van der Waals surface area contributed by atoms with E-state index >= 15 is 0 Å². The lowest BCUT2D eigenvalue weighted by molar-refractivity contribution is 0.283. The van der Waals surface area contributed by atoms with Crippen LogP contribution in [0, 0.1) is 11.3 Å². The van der Waals surface area contributed by atoms with Crippen molar-refractivity contribution in [2.24, 2.45) is 0 Å². The number of unbranched alkanes of at least 4 members (excludes halogenated alkanes) is 1. The molecule has 22 heavy (non-hydrogen) atoms. The number of hydrogen-bond donors (Lipinski definition) is 2. The molecule has 0 radical (unpaired) electrons. The summed E-state index contributed by atoms with van der Waals surface area (Å²) in [5, 5.41) is 7.82. The van der Waals surface area contributed by atoms with E-state index in [-0.39, 0.29) is 5.75 Å². The van der Waals surface area contributed by atoms with E-state index in [2.05, 4.69) is 4.52 Å². The molecule has 2 N–H and O–H groups in total. The highest BCUT2D eigenvalue weighted by molar-refractivity contribution is 7.46. The van der Waals surface area contributed by atoms with E-state index in [4.69, 9.17) is 15.0 Å². The molecule has 0 spiro atoms. The summed E-state index contributed by atoms with van der Waals surface area (Å²) in [5.74, 6) is 0.173. The van der Waals surface area contributed by atoms with Crippen molar-refractivity contribution in [3.63, 3.8) is 0 Å². The van der Waals surface area contributed by atoms with Crippen molar-refractivity contribution in [3.05, 3.63) is 54.6 Å². The molecule has 0 aliphatic heterocycles. The fourth-order valence-corrected chi connectivity index (χ4v) is 2.06. The smallest absolute Gasteiger partial charge is 0.404 e. The zero-order chi connectivity index (χ0) is 16.4. The van der Waals surface area contributed by atoms with E-state index in [1.165, 1.54) is 6.07 Å². The minimum Gasteiger partial charge on any atom is -0.404 e. The van der Waals surface area contributed by atoms with Gasteiger partial charge >= 0.3 is 7.82 Å². The molecule has 2 rings (SSSR count). The van der Waals surface area contributed by atoms with Crippen LogP contribution in [0.3, 0.4) is 0 Å². The van der Waals surface area contributed by atoms with Gasteiger partial charge in [0.15, 0.2) is 0 Å². The lowest BCUT2D eigenvalue weighted by atomic mass is 10.1. The molecule has 0 bridgehead atoms. The lowest BCUT2D eigenvalue weighted by Gasteiger charge is -2.11. The maximum absolute atomic E-state index is 10.9. The van der Waals surface area contributed by atoms with Gasteiger partial charge in [-0.2, -0.15) is 5.26 Å². The van der Waals surface area contributed by atoms with Gasteiger partial charge < -0.3 is 4.52 Å². The van der Waals surface area contributed by atoms with Crippen LogP contribution in [0.15, 0.2) is 54.6 Å². The lowest BCUT2D eigenvalue weighted by Crippen LogP contribution is -1.92. The maximum Gasteiger partial charge on any atom is 0.524 e. The van der Waals surface area contributed by atoms with E-state index < -0.39 is 7.82 Å². The summed E-state index contributed by atoms with van der Waals surface area (Å²) in [6.07, 6.45) is 1.68. The number of nitrogens with zero attached hydrogens (tertiary/aromatic N) is 1. The van der Waals surface area contributed by atoms with Crippen LogP contribution >= 0.6 is 7.82 Å². The Morgan fingerprint density at radius 3 is 2.18 bits per heavy atom. The fraction of sp³-hybridized carbons (Fsp3) is 0.188. The monoisotopic (exact) mass is 319 g/mol. The van der Waals surface area contributed by atoms with E-state index in [9.17, 15) is 4.57 Å². The summed E-state index contributed by atoms with van der Waals surface area (Å²) in [4.78, 5) is 17.7. The van der Waals surface area contributed by atoms with Crippen molar-refractivity contribution in [3.8, 4) is 22.9 Å². The Morgan fingerprint density at radius 1 is 1.09 bits per heavy atom. The van der Waals surface area contributed by atoms with Crippen LogP contribution in [0.1, 0.15) is 19.8 Å². The highest BCUT2D eigenvalue weighted by Crippen LogP contribution is 2.41. The second kappa shape index (κ2) is 9.01. The molecule has 0 aliphatic carbocycles. The van der Waals surface area contributed by atoms with Gasteiger partial charge in [-0.25, -0.2) is 4.57 Å². The van der Waals surface area contributed by atoms with Gasteiger partial charge in [-0.05, 0) is 18.1 Å². The first-order chi connectivity index (χ1) is 10.5. The van der Waals surface area contributed by atoms with Crippen molar-refractivity contribution in [1.82, 2.24) is 0 Å². The average molecular weight is 319 g/mol. The van der Waals surface area contributed by atoms with Gasteiger partial charge in [0.2, 0.25) is 0 Å². The zero-order valence-corrected chi connectivity index (χ0v) is 13.1. The Kier molecular flexibility index (Phi) is 7.34. The van der Waals surface area contributed by atoms with Crippen LogP contribution in [0.25, 0.3) is 11.1 Å². The first-order valence-corrected chi connectivity index (χ1v) is 8.27. The van der Waals surface area contributed by atoms with Crippen molar-refractivity contribution in [2.45, 2.75) is 19.8 Å². The minimum atomic E-state index is -4.53. The summed E-state index contributed by atoms with van der Waals surface area (Å²) >= 11 is 0. The molecule has 5 nitrogen and oxygen atoms in total. The Bertz CT molecular complexity index is 661. The van der Waals surface area contributed by atoms with Crippen molar-refractivity contribution < 1.29 is 18.9 Å². The van der Waals surface area contributed by atoms with E-state index in [0.717, 1.165) is 12.0 Å². The van der Waals surface area contributed by atoms with E-state index in [1.807, 2.05) is 43.3 Å². The van der Waals surface area contributed by atoms with E-state index in [1.54, 1.807) is 18.2 Å². The van der Waals surface area contributed by atoms with Crippen LogP contribution in [-0.4, -0.2) is 9.79 Å². The average Bonchev–Trinajstić information content (AvgIpc) is 2.49. The Hall–Kier alpha value is -2.12. The number of phosphoric acid groups is 1. The predicted octanol–water partition coefficient (Wildman–Crippen LogP) is 4.14. The third-order valence-corrected chi connectivity index (χ3v) is 2.99. The van der Waals surface area contributed by atoms with Crippen LogP contribution in [-0.2, 0) is 4.57 Å². The molecule has 0 amide bonds. The first-order valence-electron chi connectivity index (χ1n) is 6.74. The molecule has 0 unspecified atom stereocenters. The molecule has 2 aromatic carbocycles. The normalized spacial score (nSPS) is 10.1. The van der Waals surface area contributed by atoms with Crippen molar-refractivity contribution >= 4 is 7.82 Å². The van der Waals surface area contributed by atoms with Crippen LogP contribution in [0.2, 0.25) is 0 Å². The molecule has 0 saturated heterocycles. The molecular weight excluding hydrogens is 301 g/mol. The van der Waals surface area contributed by atoms with Gasteiger partial charge in [-0.1, -0.05) is 55.5 Å². The van der Waals surface area contributed by atoms with Crippen LogP contribution < -0.4 is 4.52 Å². The topological polar surface area (TPSA) is 90.6 Å². The first kappa shape index (κ1) is 17.9. The summed E-state index contributed by atoms with van der Waals surface area (Å²) < 4.78 is 15.5. The van der Waals surface area contributed by atoms with Gasteiger partial charge in [0, 0.05) is 12.0 Å². The maximum atomic E-state index is 10.9. The van der Waals surface area contributed by atoms with Crippen LogP contribution in [0.4, 0.5) is 0 Å². The summed E-state index contributed by atoms with van der Waals surface area (Å²) in [7, 11) is -4.53. The van der Waals surface area contributed by atoms with Gasteiger partial charge in [-0.15, -0.1) is 0 Å². The summed E-state index contributed by atoms with van der Waals surface area (Å²) in [6.45, 7) is 1.99. The number of hydrogen-bond acceptors (Lipinski definition) is 3. The van der Waals surface area contributed by atoms with E-state index in [0.29, 0.717) is 12.0 Å². The molecule has 0 aliphatic rings. The van der Waals surface area contributed by atoms with Gasteiger partial charge in [0.05, 0.1) is 6.07 Å². The Morgan fingerprint density at radius 2 is 1.68 bits per heavy atom. The largest absolute Gasteiger partial charge is 0.524 e. The van der Waals surface area contributed by atoms with Gasteiger partial charge in [0.25, 0.3) is 0 Å². The minimum absolute atomic E-state index is 0.173. The third kappa shape index (κ3) is 6.55. The van der Waals surface area contributed by atoms with Gasteiger partial charge in [-0.3, -0.25) is 9.79 Å². The molecular formula is C16H18NO4P. The van der Waals surface area contributed by atoms with Crippen molar-refractivity contribution in [2.75, 3.05) is 0 Å².